The Kier molecular flexibility index (Phi) is 6.16. The van der Waals surface area contributed by atoms with Gasteiger partial charge >= 0.3 is 0 Å². The summed E-state index contributed by atoms with van der Waals surface area (Å²) in [4.78, 5) is 35.6. The number of methoxy groups -OCH3 is 1. The lowest BCUT2D eigenvalue weighted by Crippen LogP contribution is -2.36. The zero-order valence-corrected chi connectivity index (χ0v) is 15.8. The first-order chi connectivity index (χ1) is 13.6. The van der Waals surface area contributed by atoms with Gasteiger partial charge < -0.3 is 15.0 Å². The summed E-state index contributed by atoms with van der Waals surface area (Å²) in [5, 5.41) is 2.85. The molecule has 2 aromatic heterocycles. The lowest BCUT2D eigenvalue weighted by molar-refractivity contribution is 0.0936. The van der Waals surface area contributed by atoms with Crippen LogP contribution in [0, 0.1) is 0 Å². The van der Waals surface area contributed by atoms with Crippen LogP contribution in [-0.2, 0) is 6.42 Å². The number of carbonyl (C=O) groups excluding carboxylic acids is 1. The average Bonchev–Trinajstić information content (AvgIpc) is 2.73. The second-order valence-electron chi connectivity index (χ2n) is 6.45. The second-order valence-corrected chi connectivity index (χ2v) is 6.45. The van der Waals surface area contributed by atoms with Gasteiger partial charge in [-0.1, -0.05) is 18.2 Å². The zero-order valence-electron chi connectivity index (χ0n) is 15.8. The number of benzene rings is 1. The van der Waals surface area contributed by atoms with Gasteiger partial charge in [-0.15, -0.1) is 0 Å². The summed E-state index contributed by atoms with van der Waals surface area (Å²) in [7, 11) is 1.63. The molecule has 0 bridgehead atoms. The number of aryl methyl sites for hydroxylation is 1. The summed E-state index contributed by atoms with van der Waals surface area (Å²) in [6.07, 6.45) is 4.45. The van der Waals surface area contributed by atoms with E-state index in [-0.39, 0.29) is 11.6 Å². The van der Waals surface area contributed by atoms with Gasteiger partial charge in [-0.05, 0) is 49.6 Å². The van der Waals surface area contributed by atoms with Crippen molar-refractivity contribution in [1.82, 2.24) is 20.3 Å². The Morgan fingerprint density at radius 2 is 1.96 bits per heavy atom. The van der Waals surface area contributed by atoms with Gasteiger partial charge in [0.15, 0.2) is 5.82 Å². The molecule has 0 saturated heterocycles. The Labute approximate surface area is 162 Å². The van der Waals surface area contributed by atoms with Crippen molar-refractivity contribution >= 4 is 5.91 Å². The minimum Gasteiger partial charge on any atom is -0.497 e. The number of nitrogens with one attached hydrogen (secondary N) is 2. The molecule has 3 aromatic rings. The van der Waals surface area contributed by atoms with E-state index < -0.39 is 11.5 Å². The maximum absolute atomic E-state index is 12.4. The topological polar surface area (TPSA) is 97.0 Å². The van der Waals surface area contributed by atoms with Gasteiger partial charge in [0.25, 0.3) is 11.5 Å². The molecule has 0 radical (unpaired) electrons. The summed E-state index contributed by atoms with van der Waals surface area (Å²) in [5.41, 5.74) is 1.19. The van der Waals surface area contributed by atoms with Crippen LogP contribution in [0.1, 0.15) is 29.3 Å². The molecule has 0 aliphatic heterocycles. The van der Waals surface area contributed by atoms with Crippen LogP contribution in [0.15, 0.2) is 59.7 Å². The Hall–Kier alpha value is -3.48. The van der Waals surface area contributed by atoms with E-state index in [9.17, 15) is 9.59 Å². The van der Waals surface area contributed by atoms with Crippen LogP contribution in [0.3, 0.4) is 0 Å². The first-order valence-electron chi connectivity index (χ1n) is 9.01. The number of nitrogens with zero attached hydrogens (tertiary/aromatic N) is 2. The van der Waals surface area contributed by atoms with Crippen molar-refractivity contribution in [3.63, 3.8) is 0 Å². The minimum absolute atomic E-state index is 0.0176. The normalized spacial score (nSPS) is 11.6. The molecule has 0 aliphatic carbocycles. The van der Waals surface area contributed by atoms with Crippen molar-refractivity contribution in [3.8, 4) is 17.3 Å². The lowest BCUT2D eigenvalue weighted by atomic mass is 10.1. The predicted molar refractivity (Wildman–Crippen MR) is 106 cm³/mol. The highest BCUT2D eigenvalue weighted by molar-refractivity contribution is 5.93. The quantitative estimate of drug-likeness (QED) is 0.659. The molecule has 2 heterocycles. The van der Waals surface area contributed by atoms with Crippen molar-refractivity contribution in [2.24, 2.45) is 0 Å². The molecule has 0 aliphatic rings. The number of hydrogen-bond acceptors (Lipinski definition) is 5. The third kappa shape index (κ3) is 4.82. The number of carbonyl (C=O) groups is 1. The van der Waals surface area contributed by atoms with Crippen LogP contribution in [0.4, 0.5) is 0 Å². The van der Waals surface area contributed by atoms with E-state index >= 15 is 0 Å². The average molecular weight is 378 g/mol. The molecule has 0 unspecified atom stereocenters. The van der Waals surface area contributed by atoms with E-state index in [2.05, 4.69) is 20.3 Å². The molecule has 0 saturated carbocycles. The number of aromatic nitrogens is 3. The molecule has 1 amide bonds. The Morgan fingerprint density at radius 1 is 1.18 bits per heavy atom. The minimum atomic E-state index is -0.490. The van der Waals surface area contributed by atoms with E-state index in [1.807, 2.05) is 31.2 Å². The number of hydrogen-bond donors (Lipinski definition) is 2. The summed E-state index contributed by atoms with van der Waals surface area (Å²) in [5.74, 6) is 0.698. The monoisotopic (exact) mass is 378 g/mol. The highest BCUT2D eigenvalue weighted by Crippen LogP contribution is 2.13. The molecule has 0 spiro atoms. The number of rotatable bonds is 7. The molecule has 28 heavy (non-hydrogen) atoms. The van der Waals surface area contributed by atoms with Crippen molar-refractivity contribution < 1.29 is 9.53 Å². The Morgan fingerprint density at radius 3 is 2.61 bits per heavy atom. The van der Waals surface area contributed by atoms with Crippen LogP contribution >= 0.6 is 0 Å². The smallest absolute Gasteiger partial charge is 0.264 e. The van der Waals surface area contributed by atoms with Gasteiger partial charge in [-0.25, -0.2) is 4.98 Å². The Balaban J connectivity index is 1.59. The summed E-state index contributed by atoms with van der Waals surface area (Å²) in [6, 6.07) is 13.0. The van der Waals surface area contributed by atoms with Crippen LogP contribution in [0.2, 0.25) is 0 Å². The summed E-state index contributed by atoms with van der Waals surface area (Å²) >= 11 is 0. The maximum atomic E-state index is 12.4. The van der Waals surface area contributed by atoms with Crippen molar-refractivity contribution in [3.05, 3.63) is 76.3 Å². The van der Waals surface area contributed by atoms with Gasteiger partial charge in [0, 0.05) is 18.4 Å². The number of amides is 1. The summed E-state index contributed by atoms with van der Waals surface area (Å²) < 4.78 is 5.14. The highest BCUT2D eigenvalue weighted by atomic mass is 16.5. The first kappa shape index (κ1) is 19.3. The SMILES string of the molecule is COc1ccc(CC[C@H](C)NC(=O)c2cnc(-c3ccccn3)[nH]c2=O)cc1. The molecule has 3 rings (SSSR count). The predicted octanol–water partition coefficient (Wildman–Crippen LogP) is 2.59. The first-order valence-corrected chi connectivity index (χ1v) is 9.01. The fourth-order valence-corrected chi connectivity index (χ4v) is 2.74. The van der Waals surface area contributed by atoms with Crippen LogP contribution in [-0.4, -0.2) is 34.0 Å². The van der Waals surface area contributed by atoms with E-state index in [1.54, 1.807) is 31.5 Å². The lowest BCUT2D eigenvalue weighted by Gasteiger charge is -2.14. The Bertz CT molecular complexity index is 985. The number of H-pyrrole nitrogens is 1. The third-order valence-electron chi connectivity index (χ3n) is 4.35. The van der Waals surface area contributed by atoms with Gasteiger partial charge in [0.2, 0.25) is 0 Å². The van der Waals surface area contributed by atoms with Crippen LogP contribution < -0.4 is 15.6 Å². The van der Waals surface area contributed by atoms with Crippen molar-refractivity contribution in [2.75, 3.05) is 7.11 Å². The molecule has 7 heteroatoms. The largest absolute Gasteiger partial charge is 0.497 e. The van der Waals surface area contributed by atoms with Crippen molar-refractivity contribution in [1.29, 1.82) is 0 Å². The standard InChI is InChI=1S/C21H22N4O3/c1-14(6-7-15-8-10-16(28-2)11-9-15)24-20(26)17-13-23-19(25-21(17)27)18-5-3-4-12-22-18/h3-5,8-14H,6-7H2,1-2H3,(H,24,26)(H,23,25,27)/t14-/m0/s1. The van der Waals surface area contributed by atoms with Gasteiger partial charge in [0.05, 0.1) is 7.11 Å². The van der Waals surface area contributed by atoms with E-state index in [0.29, 0.717) is 11.5 Å². The summed E-state index contributed by atoms with van der Waals surface area (Å²) in [6.45, 7) is 1.91. The van der Waals surface area contributed by atoms with Gasteiger partial charge in [0.1, 0.15) is 17.0 Å². The van der Waals surface area contributed by atoms with Gasteiger partial charge in [-0.3, -0.25) is 14.6 Å². The van der Waals surface area contributed by atoms with Crippen LogP contribution in [0.25, 0.3) is 11.5 Å². The molecule has 7 nitrogen and oxygen atoms in total. The van der Waals surface area contributed by atoms with Crippen molar-refractivity contribution in [2.45, 2.75) is 25.8 Å². The second kappa shape index (κ2) is 8.94. The van der Waals surface area contributed by atoms with Crippen LogP contribution in [0.5, 0.6) is 5.75 Å². The number of pyridine rings is 1. The number of aromatic amines is 1. The van der Waals surface area contributed by atoms with Gasteiger partial charge in [-0.2, -0.15) is 0 Å². The zero-order chi connectivity index (χ0) is 19.9. The fraction of sp³-hybridized carbons (Fsp3) is 0.238. The molecular weight excluding hydrogens is 356 g/mol. The molecule has 144 valence electrons. The fourth-order valence-electron chi connectivity index (χ4n) is 2.74. The highest BCUT2D eigenvalue weighted by Gasteiger charge is 2.15. The molecular formula is C21H22N4O3. The molecule has 2 N–H and O–H groups in total. The van der Waals surface area contributed by atoms with E-state index in [0.717, 1.165) is 24.2 Å². The molecule has 1 atom stereocenters. The molecule has 0 fully saturated rings. The molecule has 1 aromatic carbocycles. The number of ether oxygens (including phenoxy) is 1. The maximum Gasteiger partial charge on any atom is 0.264 e. The van der Waals surface area contributed by atoms with E-state index in [4.69, 9.17) is 4.74 Å². The van der Waals surface area contributed by atoms with E-state index in [1.165, 1.54) is 6.20 Å². The third-order valence-corrected chi connectivity index (χ3v) is 4.35.